The van der Waals surface area contributed by atoms with Gasteiger partial charge in [-0.3, -0.25) is 19.2 Å². The molecule has 4 saturated carbocycles. The van der Waals surface area contributed by atoms with Gasteiger partial charge in [0.05, 0.1) is 17.5 Å². The van der Waals surface area contributed by atoms with Gasteiger partial charge in [-0.05, 0) is 80.5 Å². The largest absolute Gasteiger partial charge is 0.326 e. The zero-order chi connectivity index (χ0) is 23.3. The lowest BCUT2D eigenvalue weighted by Crippen LogP contribution is -2.57. The molecule has 1 heterocycles. The van der Waals surface area contributed by atoms with Gasteiger partial charge in [-0.25, -0.2) is 4.90 Å². The fourth-order valence-electron chi connectivity index (χ4n) is 7.20. The Labute approximate surface area is 194 Å². The normalized spacial score (nSPS) is 32.2. The van der Waals surface area contributed by atoms with Crippen molar-refractivity contribution in [3.63, 3.8) is 0 Å². The van der Waals surface area contributed by atoms with Gasteiger partial charge in [-0.1, -0.05) is 6.08 Å². The number of anilines is 2. The fourth-order valence-corrected chi connectivity index (χ4v) is 7.20. The Kier molecular flexibility index (Phi) is 5.38. The molecule has 5 aliphatic rings. The topological polar surface area (TPSA) is 86.8 Å². The number of carbonyl (C=O) groups is 4. The standard InChI is InChI=1S/C26H31N3O4/c1-3-8-28(25(33)26-13-17-9-18(14-26)11-19(10-17)15-26)22-12-23(31)29(24(22)32)21-6-4-20(5-7-21)27-16(2)30/h3-7,17-19,22H,1,8-15H2,2H3,(H,27,30). The summed E-state index contributed by atoms with van der Waals surface area (Å²) in [6.07, 6.45) is 8.07. The fraction of sp³-hybridized carbons (Fsp3) is 0.538. The van der Waals surface area contributed by atoms with Crippen LogP contribution >= 0.6 is 0 Å². The van der Waals surface area contributed by atoms with E-state index in [-0.39, 0.29) is 42.0 Å². The first kappa shape index (κ1) is 21.9. The molecule has 1 saturated heterocycles. The molecule has 174 valence electrons. The molecule has 1 aromatic carbocycles. The van der Waals surface area contributed by atoms with E-state index < -0.39 is 6.04 Å². The van der Waals surface area contributed by atoms with Crippen LogP contribution in [0.4, 0.5) is 11.4 Å². The highest BCUT2D eigenvalue weighted by Crippen LogP contribution is 2.60. The molecule has 1 atom stereocenters. The molecule has 1 aliphatic heterocycles. The Morgan fingerprint density at radius 1 is 1.09 bits per heavy atom. The number of nitrogens with one attached hydrogen (secondary N) is 1. The second kappa shape index (κ2) is 8.12. The van der Waals surface area contributed by atoms with Crippen LogP contribution in [0.3, 0.4) is 0 Å². The zero-order valence-electron chi connectivity index (χ0n) is 19.1. The van der Waals surface area contributed by atoms with Gasteiger partial charge in [0.1, 0.15) is 6.04 Å². The molecule has 0 spiro atoms. The molecule has 33 heavy (non-hydrogen) atoms. The third-order valence-corrected chi connectivity index (χ3v) is 8.02. The highest BCUT2D eigenvalue weighted by Gasteiger charge is 2.57. The number of imide groups is 1. The van der Waals surface area contributed by atoms with Gasteiger partial charge in [0.25, 0.3) is 5.91 Å². The first-order chi connectivity index (χ1) is 15.8. The van der Waals surface area contributed by atoms with Crippen LogP contribution in [-0.2, 0) is 19.2 Å². The van der Waals surface area contributed by atoms with Crippen LogP contribution in [0.5, 0.6) is 0 Å². The first-order valence-electron chi connectivity index (χ1n) is 12.0. The third kappa shape index (κ3) is 3.77. The highest BCUT2D eigenvalue weighted by molar-refractivity contribution is 6.23. The lowest BCUT2D eigenvalue weighted by molar-refractivity contribution is -0.160. The summed E-state index contributed by atoms with van der Waals surface area (Å²) >= 11 is 0. The van der Waals surface area contributed by atoms with Crippen molar-refractivity contribution in [1.29, 1.82) is 0 Å². The van der Waals surface area contributed by atoms with Gasteiger partial charge in [0.15, 0.2) is 0 Å². The maximum Gasteiger partial charge on any atom is 0.257 e. The summed E-state index contributed by atoms with van der Waals surface area (Å²) in [5.41, 5.74) is 0.656. The van der Waals surface area contributed by atoms with Crippen LogP contribution in [0.1, 0.15) is 51.9 Å². The SMILES string of the molecule is C=CCN(C(=O)C12CC3CC(CC(C3)C1)C2)C1CC(=O)N(c2ccc(NC(C)=O)cc2)C1=O. The summed E-state index contributed by atoms with van der Waals surface area (Å²) < 4.78 is 0. The Morgan fingerprint density at radius 2 is 1.67 bits per heavy atom. The maximum atomic E-state index is 14.0. The molecule has 7 heteroatoms. The van der Waals surface area contributed by atoms with Gasteiger partial charge in [0.2, 0.25) is 17.7 Å². The van der Waals surface area contributed by atoms with E-state index in [1.807, 2.05) is 0 Å². The van der Waals surface area contributed by atoms with Crippen molar-refractivity contribution >= 4 is 35.0 Å². The summed E-state index contributed by atoms with van der Waals surface area (Å²) in [5, 5.41) is 2.68. The average Bonchev–Trinajstić information content (AvgIpc) is 3.04. The quantitative estimate of drug-likeness (QED) is 0.532. The van der Waals surface area contributed by atoms with Crippen molar-refractivity contribution in [2.45, 2.75) is 57.9 Å². The second-order valence-corrected chi connectivity index (χ2v) is 10.5. The van der Waals surface area contributed by atoms with E-state index in [1.165, 1.54) is 31.1 Å². The van der Waals surface area contributed by atoms with Crippen LogP contribution in [0, 0.1) is 23.2 Å². The maximum absolute atomic E-state index is 14.0. The lowest BCUT2D eigenvalue weighted by Gasteiger charge is -2.56. The summed E-state index contributed by atoms with van der Waals surface area (Å²) in [7, 11) is 0. The smallest absolute Gasteiger partial charge is 0.257 e. The summed E-state index contributed by atoms with van der Waals surface area (Å²) in [5.74, 6) is 1.01. The number of carbonyl (C=O) groups excluding carboxylic acids is 4. The molecular formula is C26H31N3O4. The number of nitrogens with zero attached hydrogens (tertiary/aromatic N) is 2. The van der Waals surface area contributed by atoms with Crippen molar-refractivity contribution in [2.75, 3.05) is 16.8 Å². The molecule has 0 radical (unpaired) electrons. The molecule has 1 N–H and O–H groups in total. The Morgan fingerprint density at radius 3 is 2.18 bits per heavy atom. The van der Waals surface area contributed by atoms with Gasteiger partial charge >= 0.3 is 0 Å². The average molecular weight is 450 g/mol. The molecular weight excluding hydrogens is 418 g/mol. The summed E-state index contributed by atoms with van der Waals surface area (Å²) in [6, 6.07) is 5.80. The highest BCUT2D eigenvalue weighted by atomic mass is 16.2. The van der Waals surface area contributed by atoms with E-state index in [0.717, 1.165) is 19.3 Å². The zero-order valence-corrected chi connectivity index (χ0v) is 19.1. The minimum absolute atomic E-state index is 0.0156. The Hall–Kier alpha value is -2.96. The molecule has 6 rings (SSSR count). The van der Waals surface area contributed by atoms with Crippen molar-refractivity contribution in [2.24, 2.45) is 23.2 Å². The van der Waals surface area contributed by atoms with Crippen LogP contribution in [0.2, 0.25) is 0 Å². The van der Waals surface area contributed by atoms with Crippen molar-refractivity contribution in [3.05, 3.63) is 36.9 Å². The number of amides is 4. The van der Waals surface area contributed by atoms with Crippen molar-refractivity contribution in [1.82, 2.24) is 4.90 Å². The molecule has 7 nitrogen and oxygen atoms in total. The second-order valence-electron chi connectivity index (χ2n) is 10.5. The first-order valence-corrected chi connectivity index (χ1v) is 12.0. The minimum Gasteiger partial charge on any atom is -0.326 e. The van der Waals surface area contributed by atoms with Crippen LogP contribution < -0.4 is 10.2 Å². The summed E-state index contributed by atoms with van der Waals surface area (Å²) in [4.78, 5) is 54.4. The number of hydrogen-bond donors (Lipinski definition) is 1. The van der Waals surface area contributed by atoms with E-state index in [4.69, 9.17) is 0 Å². The number of benzene rings is 1. The molecule has 4 amide bonds. The van der Waals surface area contributed by atoms with Crippen molar-refractivity contribution in [3.8, 4) is 0 Å². The van der Waals surface area contributed by atoms with Crippen LogP contribution in [0.25, 0.3) is 0 Å². The van der Waals surface area contributed by atoms with Gasteiger partial charge in [-0.2, -0.15) is 0 Å². The molecule has 1 aromatic rings. The third-order valence-electron chi connectivity index (χ3n) is 8.02. The van der Waals surface area contributed by atoms with E-state index in [2.05, 4.69) is 11.9 Å². The van der Waals surface area contributed by atoms with E-state index in [0.29, 0.717) is 29.1 Å². The van der Waals surface area contributed by atoms with Gasteiger partial charge in [-0.15, -0.1) is 6.58 Å². The Bertz CT molecular complexity index is 980. The lowest BCUT2D eigenvalue weighted by atomic mass is 9.49. The van der Waals surface area contributed by atoms with E-state index in [9.17, 15) is 19.2 Å². The van der Waals surface area contributed by atoms with Gasteiger partial charge in [0, 0.05) is 19.2 Å². The van der Waals surface area contributed by atoms with Crippen LogP contribution in [0.15, 0.2) is 36.9 Å². The van der Waals surface area contributed by atoms with Crippen LogP contribution in [-0.4, -0.2) is 41.1 Å². The molecule has 5 fully saturated rings. The molecule has 0 aromatic heterocycles. The summed E-state index contributed by atoms with van der Waals surface area (Å²) in [6.45, 7) is 5.50. The minimum atomic E-state index is -0.800. The monoisotopic (exact) mass is 449 g/mol. The predicted molar refractivity (Wildman–Crippen MR) is 124 cm³/mol. The molecule has 4 aliphatic carbocycles. The van der Waals surface area contributed by atoms with E-state index in [1.54, 1.807) is 35.2 Å². The van der Waals surface area contributed by atoms with E-state index >= 15 is 0 Å². The number of hydrogen-bond acceptors (Lipinski definition) is 4. The van der Waals surface area contributed by atoms with Crippen molar-refractivity contribution < 1.29 is 19.2 Å². The predicted octanol–water partition coefficient (Wildman–Crippen LogP) is 3.51. The molecule has 4 bridgehead atoms. The van der Waals surface area contributed by atoms with Gasteiger partial charge < -0.3 is 10.2 Å². The Balaban J connectivity index is 1.38. The number of rotatable bonds is 6. The molecule has 1 unspecified atom stereocenters.